The third kappa shape index (κ3) is 8.39. The summed E-state index contributed by atoms with van der Waals surface area (Å²) in [7, 11) is 0. The van der Waals surface area contributed by atoms with E-state index in [4.69, 9.17) is 0 Å². The second-order valence-electron chi connectivity index (χ2n) is 7.13. The lowest BCUT2D eigenvalue weighted by molar-refractivity contribution is -0.116. The minimum Gasteiger partial charge on any atom is -0.387 e. The largest absolute Gasteiger partial charge is 0.387 e. The molecule has 0 bridgehead atoms. The molecule has 0 saturated heterocycles. The van der Waals surface area contributed by atoms with Crippen molar-refractivity contribution in [2.45, 2.75) is 25.9 Å². The third-order valence-electron chi connectivity index (χ3n) is 4.53. The van der Waals surface area contributed by atoms with Crippen LogP contribution >= 0.6 is 23.7 Å². The number of halogens is 1. The summed E-state index contributed by atoms with van der Waals surface area (Å²) in [6.07, 6.45) is 0.442. The Labute approximate surface area is 197 Å². The van der Waals surface area contributed by atoms with Gasteiger partial charge < -0.3 is 21.1 Å². The molecule has 170 valence electrons. The van der Waals surface area contributed by atoms with Gasteiger partial charge in [0.25, 0.3) is 0 Å². The van der Waals surface area contributed by atoms with Gasteiger partial charge in [-0.3, -0.25) is 9.59 Å². The Morgan fingerprint density at radius 1 is 1.06 bits per heavy atom. The second kappa shape index (κ2) is 12.9. The summed E-state index contributed by atoms with van der Waals surface area (Å²) in [6, 6.07) is 17.3. The first-order chi connectivity index (χ1) is 15.0. The van der Waals surface area contributed by atoms with Crippen molar-refractivity contribution in [3.05, 3.63) is 76.8 Å². The third-order valence-corrected chi connectivity index (χ3v) is 5.33. The van der Waals surface area contributed by atoms with Gasteiger partial charge in [-0.1, -0.05) is 42.5 Å². The smallest absolute Gasteiger partial charge is 0.230 e. The topological polar surface area (TPSA) is 103 Å². The van der Waals surface area contributed by atoms with E-state index < -0.39 is 6.10 Å². The Morgan fingerprint density at radius 3 is 2.47 bits per heavy atom. The highest BCUT2D eigenvalue weighted by Crippen LogP contribution is 2.17. The molecule has 1 unspecified atom stereocenters. The van der Waals surface area contributed by atoms with Gasteiger partial charge in [0.05, 0.1) is 18.2 Å². The van der Waals surface area contributed by atoms with Crippen LogP contribution < -0.4 is 16.0 Å². The number of carbonyl (C=O) groups excluding carboxylic acids is 2. The van der Waals surface area contributed by atoms with Crippen LogP contribution in [-0.2, 0) is 22.4 Å². The first kappa shape index (κ1) is 25.5. The molecule has 32 heavy (non-hydrogen) atoms. The molecule has 2 aromatic carbocycles. The van der Waals surface area contributed by atoms with Crippen LogP contribution in [0.4, 0.5) is 10.8 Å². The molecule has 0 aliphatic carbocycles. The van der Waals surface area contributed by atoms with Gasteiger partial charge in [0, 0.05) is 24.5 Å². The Kier molecular flexibility index (Phi) is 10.3. The standard InChI is InChI=1S/C23H26N4O3S.ClH/c1-16(28)25-23-27-20(15-31-23)13-22(30)26-19-9-7-17(8-10-19)11-12-24-14-21(29)18-5-3-2-4-6-18;/h2-10,15,21,24,29H,11-14H2,1H3,(H,26,30)(H,25,27,28);1H. The van der Waals surface area contributed by atoms with E-state index in [9.17, 15) is 14.7 Å². The lowest BCUT2D eigenvalue weighted by atomic mass is 10.1. The maximum atomic E-state index is 12.2. The van der Waals surface area contributed by atoms with Gasteiger partial charge in [-0.25, -0.2) is 4.98 Å². The fourth-order valence-electron chi connectivity index (χ4n) is 2.99. The number of nitrogens with one attached hydrogen (secondary N) is 3. The van der Waals surface area contributed by atoms with E-state index >= 15 is 0 Å². The summed E-state index contributed by atoms with van der Waals surface area (Å²) in [5.74, 6) is -0.350. The number of hydrogen-bond donors (Lipinski definition) is 4. The van der Waals surface area contributed by atoms with Crippen LogP contribution in [0.15, 0.2) is 60.0 Å². The highest BCUT2D eigenvalue weighted by molar-refractivity contribution is 7.13. The van der Waals surface area contributed by atoms with Gasteiger partial charge in [-0.2, -0.15) is 0 Å². The number of anilines is 2. The molecule has 0 spiro atoms. The zero-order valence-corrected chi connectivity index (χ0v) is 19.3. The van der Waals surface area contributed by atoms with Crippen LogP contribution in [0.3, 0.4) is 0 Å². The minimum atomic E-state index is -0.522. The number of amides is 2. The van der Waals surface area contributed by atoms with Crippen LogP contribution in [0, 0.1) is 0 Å². The molecule has 0 fully saturated rings. The van der Waals surface area contributed by atoms with Crippen molar-refractivity contribution in [2.75, 3.05) is 23.7 Å². The summed E-state index contributed by atoms with van der Waals surface area (Å²) < 4.78 is 0. The molecule has 0 radical (unpaired) electrons. The van der Waals surface area contributed by atoms with Crippen LogP contribution in [0.2, 0.25) is 0 Å². The summed E-state index contributed by atoms with van der Waals surface area (Å²) in [6.45, 7) is 2.66. The first-order valence-corrected chi connectivity index (χ1v) is 10.9. The second-order valence-corrected chi connectivity index (χ2v) is 7.99. The molecule has 9 heteroatoms. The Morgan fingerprint density at radius 2 is 1.78 bits per heavy atom. The van der Waals surface area contributed by atoms with Crippen molar-refractivity contribution in [1.82, 2.24) is 10.3 Å². The number of aliphatic hydroxyl groups excluding tert-OH is 1. The van der Waals surface area contributed by atoms with Crippen molar-refractivity contribution in [3.63, 3.8) is 0 Å². The number of carbonyl (C=O) groups is 2. The zero-order chi connectivity index (χ0) is 22.1. The Hall–Kier alpha value is -2.78. The SMILES string of the molecule is CC(=O)Nc1nc(CC(=O)Nc2ccc(CCNCC(O)c3ccccc3)cc2)cs1.Cl. The molecule has 2 amide bonds. The number of nitrogens with zero attached hydrogens (tertiary/aromatic N) is 1. The van der Waals surface area contributed by atoms with E-state index in [1.807, 2.05) is 54.6 Å². The van der Waals surface area contributed by atoms with Gasteiger partial charge in [-0.05, 0) is 36.2 Å². The van der Waals surface area contributed by atoms with Gasteiger partial charge in [0.15, 0.2) is 5.13 Å². The number of aliphatic hydroxyl groups is 1. The summed E-state index contributed by atoms with van der Waals surface area (Å²) in [5.41, 5.74) is 3.38. The first-order valence-electron chi connectivity index (χ1n) is 10.0. The summed E-state index contributed by atoms with van der Waals surface area (Å²) in [5, 5.41) is 21.1. The van der Waals surface area contributed by atoms with Crippen molar-refractivity contribution in [2.24, 2.45) is 0 Å². The maximum absolute atomic E-state index is 12.2. The molecule has 1 aromatic heterocycles. The highest BCUT2D eigenvalue weighted by Gasteiger charge is 2.09. The maximum Gasteiger partial charge on any atom is 0.230 e. The molecule has 4 N–H and O–H groups in total. The molecule has 3 aromatic rings. The predicted molar refractivity (Wildman–Crippen MR) is 130 cm³/mol. The number of aromatic nitrogens is 1. The van der Waals surface area contributed by atoms with Gasteiger partial charge in [0.2, 0.25) is 11.8 Å². The number of benzene rings is 2. The van der Waals surface area contributed by atoms with Crippen molar-refractivity contribution in [1.29, 1.82) is 0 Å². The van der Waals surface area contributed by atoms with E-state index in [1.165, 1.54) is 18.3 Å². The van der Waals surface area contributed by atoms with Crippen LogP contribution in [0.5, 0.6) is 0 Å². The Bertz CT molecular complexity index is 996. The van der Waals surface area contributed by atoms with Crippen LogP contribution in [-0.4, -0.2) is 35.0 Å². The fourth-order valence-corrected chi connectivity index (χ4v) is 3.74. The number of rotatable bonds is 10. The molecule has 0 aliphatic heterocycles. The lowest BCUT2D eigenvalue weighted by Crippen LogP contribution is -2.23. The quantitative estimate of drug-likeness (QED) is 0.336. The molecule has 3 rings (SSSR count). The fraction of sp³-hybridized carbons (Fsp3) is 0.261. The Balaban J connectivity index is 0.00000363. The zero-order valence-electron chi connectivity index (χ0n) is 17.7. The summed E-state index contributed by atoms with van der Waals surface area (Å²) in [4.78, 5) is 27.5. The molecule has 7 nitrogen and oxygen atoms in total. The normalized spacial score (nSPS) is 11.3. The van der Waals surface area contributed by atoms with E-state index in [1.54, 1.807) is 5.38 Å². The van der Waals surface area contributed by atoms with Crippen LogP contribution in [0.1, 0.15) is 29.8 Å². The number of hydrogen-bond acceptors (Lipinski definition) is 6. The van der Waals surface area contributed by atoms with Crippen LogP contribution in [0.25, 0.3) is 0 Å². The minimum absolute atomic E-state index is 0. The van der Waals surface area contributed by atoms with E-state index in [-0.39, 0.29) is 30.6 Å². The van der Waals surface area contributed by atoms with Crippen molar-refractivity contribution >= 4 is 46.4 Å². The van der Waals surface area contributed by atoms with Crippen molar-refractivity contribution < 1.29 is 14.7 Å². The highest BCUT2D eigenvalue weighted by atomic mass is 35.5. The molecular formula is C23H27ClN4O3S. The van der Waals surface area contributed by atoms with E-state index in [0.717, 1.165) is 29.8 Å². The van der Waals surface area contributed by atoms with E-state index in [2.05, 4.69) is 20.9 Å². The average molecular weight is 475 g/mol. The van der Waals surface area contributed by atoms with Gasteiger partial charge >= 0.3 is 0 Å². The predicted octanol–water partition coefficient (Wildman–Crippen LogP) is 3.57. The molecule has 1 heterocycles. The number of thiazole rings is 1. The van der Waals surface area contributed by atoms with Gasteiger partial charge in [-0.15, -0.1) is 23.7 Å². The average Bonchev–Trinajstić information content (AvgIpc) is 3.18. The lowest BCUT2D eigenvalue weighted by Gasteiger charge is -2.12. The van der Waals surface area contributed by atoms with Crippen molar-refractivity contribution in [3.8, 4) is 0 Å². The van der Waals surface area contributed by atoms with Gasteiger partial charge in [0.1, 0.15) is 0 Å². The molecule has 0 saturated carbocycles. The molecule has 1 atom stereocenters. The van der Waals surface area contributed by atoms with E-state index in [0.29, 0.717) is 17.4 Å². The summed E-state index contributed by atoms with van der Waals surface area (Å²) >= 11 is 1.29. The molecule has 0 aliphatic rings. The monoisotopic (exact) mass is 474 g/mol. The molecular weight excluding hydrogens is 448 g/mol.